The molecule has 0 heterocycles. The monoisotopic (exact) mass is 402 g/mol. The second-order valence-corrected chi connectivity index (χ2v) is 10.6. The fourth-order valence-electron chi connectivity index (χ4n) is 6.09. The van der Waals surface area contributed by atoms with Gasteiger partial charge in [-0.05, 0) is 107 Å². The van der Waals surface area contributed by atoms with Crippen LogP contribution in [0.3, 0.4) is 0 Å². The van der Waals surface area contributed by atoms with Crippen LogP contribution in [0.1, 0.15) is 85.5 Å². The Labute approximate surface area is 177 Å². The Morgan fingerprint density at radius 2 is 1.97 bits per heavy atom. The van der Waals surface area contributed by atoms with Crippen molar-refractivity contribution in [2.24, 2.45) is 17.3 Å². The fraction of sp³-hybridized carbons (Fsp3) is 0.769. The zero-order chi connectivity index (χ0) is 21.2. The predicted molar refractivity (Wildman–Crippen MR) is 120 cm³/mol. The summed E-state index contributed by atoms with van der Waals surface area (Å²) >= 11 is 0. The summed E-state index contributed by atoms with van der Waals surface area (Å²) in [7, 11) is 0. The number of allylic oxidation sites excluding steroid dienone is 3. The van der Waals surface area contributed by atoms with Crippen LogP contribution in [-0.4, -0.2) is 34.6 Å². The molecule has 2 N–H and O–H groups in total. The van der Waals surface area contributed by atoms with Crippen LogP contribution in [0.4, 0.5) is 0 Å². The van der Waals surface area contributed by atoms with Crippen LogP contribution in [0, 0.1) is 17.3 Å². The molecular weight excluding hydrogens is 360 g/mol. The number of hydrogen-bond acceptors (Lipinski definition) is 3. The van der Waals surface area contributed by atoms with Gasteiger partial charge in [-0.2, -0.15) is 0 Å². The summed E-state index contributed by atoms with van der Waals surface area (Å²) in [4.78, 5) is 0. The van der Waals surface area contributed by atoms with Crippen molar-refractivity contribution in [1.82, 2.24) is 0 Å². The van der Waals surface area contributed by atoms with Crippen molar-refractivity contribution in [3.05, 3.63) is 35.5 Å². The standard InChI is InChI=1S/C26H42O3/c1-18-20(8-6-10-24(18)27)11-12-21-9-7-15-26(5)22(13-14-23(21)26)19(2)29-17-16-25(3,4)28/h11-12,19,22-24,27-28H,1,6-10,13-17H2,2-5H3/t19-,22+,23-,24-,26+/m0/s1. The van der Waals surface area contributed by atoms with Crippen LogP contribution in [0.25, 0.3) is 0 Å². The molecule has 0 spiro atoms. The lowest BCUT2D eigenvalue weighted by Crippen LogP contribution is -2.39. The van der Waals surface area contributed by atoms with Gasteiger partial charge in [0.2, 0.25) is 0 Å². The van der Waals surface area contributed by atoms with Gasteiger partial charge in [-0.25, -0.2) is 0 Å². The molecule has 5 atom stereocenters. The molecule has 0 amide bonds. The summed E-state index contributed by atoms with van der Waals surface area (Å²) < 4.78 is 6.20. The van der Waals surface area contributed by atoms with Gasteiger partial charge in [0.25, 0.3) is 0 Å². The second kappa shape index (κ2) is 9.08. The minimum absolute atomic E-state index is 0.235. The number of fused-ring (bicyclic) bond motifs is 1. The fourth-order valence-corrected chi connectivity index (χ4v) is 6.09. The summed E-state index contributed by atoms with van der Waals surface area (Å²) in [6.45, 7) is 13.2. The Balaban J connectivity index is 1.68. The average Bonchev–Trinajstić information content (AvgIpc) is 2.99. The van der Waals surface area contributed by atoms with E-state index in [0.29, 0.717) is 30.3 Å². The van der Waals surface area contributed by atoms with E-state index in [1.54, 1.807) is 5.57 Å². The average molecular weight is 403 g/mol. The first-order valence-electron chi connectivity index (χ1n) is 11.7. The van der Waals surface area contributed by atoms with Crippen LogP contribution in [-0.2, 0) is 4.74 Å². The lowest BCUT2D eigenvalue weighted by atomic mass is 9.62. The molecule has 0 unspecified atom stereocenters. The summed E-state index contributed by atoms with van der Waals surface area (Å²) in [6.07, 6.45) is 14.3. The first-order valence-corrected chi connectivity index (χ1v) is 11.7. The first kappa shape index (κ1) is 22.8. The molecule has 3 saturated carbocycles. The highest BCUT2D eigenvalue weighted by atomic mass is 16.5. The molecular formula is C26H42O3. The zero-order valence-electron chi connectivity index (χ0n) is 19.0. The van der Waals surface area contributed by atoms with Gasteiger partial charge in [-0.1, -0.05) is 31.2 Å². The van der Waals surface area contributed by atoms with E-state index in [0.717, 1.165) is 24.8 Å². The van der Waals surface area contributed by atoms with Crippen molar-refractivity contribution in [2.45, 2.75) is 103 Å². The van der Waals surface area contributed by atoms with Crippen LogP contribution in [0.15, 0.2) is 35.5 Å². The molecule has 0 aromatic carbocycles. The molecule has 3 aliphatic rings. The molecule has 0 aliphatic heterocycles. The van der Waals surface area contributed by atoms with Gasteiger partial charge in [-0.3, -0.25) is 0 Å². The van der Waals surface area contributed by atoms with Crippen molar-refractivity contribution in [3.8, 4) is 0 Å². The molecule has 3 fully saturated rings. The predicted octanol–water partition coefficient (Wildman–Crippen LogP) is 5.72. The van der Waals surface area contributed by atoms with Gasteiger partial charge in [0.15, 0.2) is 0 Å². The van der Waals surface area contributed by atoms with E-state index in [9.17, 15) is 10.2 Å². The summed E-state index contributed by atoms with van der Waals surface area (Å²) in [5, 5.41) is 20.1. The Morgan fingerprint density at radius 3 is 2.69 bits per heavy atom. The largest absolute Gasteiger partial charge is 0.390 e. The highest BCUT2D eigenvalue weighted by Gasteiger charge is 2.51. The Hall–Kier alpha value is -0.900. The highest BCUT2D eigenvalue weighted by molar-refractivity contribution is 5.37. The van der Waals surface area contributed by atoms with Crippen molar-refractivity contribution in [1.29, 1.82) is 0 Å². The molecule has 3 heteroatoms. The van der Waals surface area contributed by atoms with Crippen molar-refractivity contribution in [2.75, 3.05) is 6.61 Å². The molecule has 3 aliphatic carbocycles. The molecule has 0 aromatic rings. The van der Waals surface area contributed by atoms with Gasteiger partial charge in [0.05, 0.1) is 17.8 Å². The third-order valence-electron chi connectivity index (χ3n) is 7.94. The zero-order valence-corrected chi connectivity index (χ0v) is 19.0. The third kappa shape index (κ3) is 5.24. The van der Waals surface area contributed by atoms with Crippen molar-refractivity contribution in [3.63, 3.8) is 0 Å². The van der Waals surface area contributed by atoms with E-state index in [1.165, 1.54) is 37.7 Å². The Kier molecular flexibility index (Phi) is 7.13. The van der Waals surface area contributed by atoms with E-state index in [1.807, 2.05) is 13.8 Å². The maximum Gasteiger partial charge on any atom is 0.0787 e. The van der Waals surface area contributed by atoms with E-state index in [2.05, 4.69) is 32.6 Å². The van der Waals surface area contributed by atoms with Crippen LogP contribution >= 0.6 is 0 Å². The molecule has 0 bridgehead atoms. The summed E-state index contributed by atoms with van der Waals surface area (Å²) in [5.74, 6) is 1.22. The van der Waals surface area contributed by atoms with Crippen molar-refractivity contribution >= 4 is 0 Å². The highest BCUT2D eigenvalue weighted by Crippen LogP contribution is 2.58. The van der Waals surface area contributed by atoms with Gasteiger partial charge in [0.1, 0.15) is 0 Å². The number of rotatable bonds is 6. The molecule has 0 aromatic heterocycles. The Bertz CT molecular complexity index is 653. The van der Waals surface area contributed by atoms with Gasteiger partial charge >= 0.3 is 0 Å². The molecule has 0 radical (unpaired) electrons. The van der Waals surface area contributed by atoms with Crippen molar-refractivity contribution < 1.29 is 14.9 Å². The molecule has 3 nitrogen and oxygen atoms in total. The smallest absolute Gasteiger partial charge is 0.0787 e. The minimum atomic E-state index is -0.660. The molecule has 164 valence electrons. The normalized spacial score (nSPS) is 37.2. The molecule has 29 heavy (non-hydrogen) atoms. The number of ether oxygens (including phenoxy) is 1. The first-order chi connectivity index (χ1) is 13.6. The molecule has 0 saturated heterocycles. The quantitative estimate of drug-likeness (QED) is 0.597. The topological polar surface area (TPSA) is 49.7 Å². The Morgan fingerprint density at radius 1 is 1.21 bits per heavy atom. The SMILES string of the molecule is C=C1C(=CC=C2CCC[C@]3(C)[C@@H]([C@H](C)OCCC(C)(C)O)CC[C@@H]23)CCC[C@@H]1O. The van der Waals surface area contributed by atoms with E-state index >= 15 is 0 Å². The third-order valence-corrected chi connectivity index (χ3v) is 7.94. The van der Waals surface area contributed by atoms with Gasteiger partial charge in [0, 0.05) is 6.61 Å². The van der Waals surface area contributed by atoms with E-state index < -0.39 is 5.60 Å². The number of hydrogen-bond donors (Lipinski definition) is 2. The maximum atomic E-state index is 10.1. The van der Waals surface area contributed by atoms with Gasteiger partial charge in [-0.15, -0.1) is 0 Å². The minimum Gasteiger partial charge on any atom is -0.390 e. The van der Waals surface area contributed by atoms with E-state index in [-0.39, 0.29) is 12.2 Å². The second-order valence-electron chi connectivity index (χ2n) is 10.6. The summed E-state index contributed by atoms with van der Waals surface area (Å²) in [5.41, 5.74) is 3.39. The lowest BCUT2D eigenvalue weighted by molar-refractivity contribution is -0.0454. The van der Waals surface area contributed by atoms with Gasteiger partial charge < -0.3 is 14.9 Å². The van der Waals surface area contributed by atoms with Crippen LogP contribution in [0.5, 0.6) is 0 Å². The number of aliphatic hydroxyl groups is 2. The van der Waals surface area contributed by atoms with E-state index in [4.69, 9.17) is 4.74 Å². The van der Waals surface area contributed by atoms with Crippen LogP contribution in [0.2, 0.25) is 0 Å². The molecule has 3 rings (SSSR count). The summed E-state index contributed by atoms with van der Waals surface area (Å²) in [6, 6.07) is 0. The maximum absolute atomic E-state index is 10.1. The lowest BCUT2D eigenvalue weighted by Gasteiger charge is -2.44. The number of aliphatic hydroxyl groups excluding tert-OH is 1. The van der Waals surface area contributed by atoms with Crippen LogP contribution < -0.4 is 0 Å².